The first-order valence-corrected chi connectivity index (χ1v) is 6.85. The summed E-state index contributed by atoms with van der Waals surface area (Å²) in [5.74, 6) is -0.278. The molecular weight excluding hydrogens is 245 g/mol. The Labute approximate surface area is 113 Å². The highest BCUT2D eigenvalue weighted by Crippen LogP contribution is 2.25. The van der Waals surface area contributed by atoms with Crippen molar-refractivity contribution in [3.8, 4) is 0 Å². The number of carbonyl (C=O) groups is 1. The standard InChI is InChI=1S/C15H20FNO2/c16-13-5-1-4-12(10-13)11-15(19)17(8-3-9-18)14-6-2-7-14/h1,4-5,10,14,18H,2-3,6-9,11H2. The fraction of sp³-hybridized carbons (Fsp3) is 0.533. The van der Waals surface area contributed by atoms with Crippen LogP contribution in [-0.2, 0) is 11.2 Å². The van der Waals surface area contributed by atoms with Crippen molar-refractivity contribution in [2.75, 3.05) is 13.2 Å². The van der Waals surface area contributed by atoms with Gasteiger partial charge in [0, 0.05) is 19.2 Å². The van der Waals surface area contributed by atoms with Crippen LogP contribution in [0, 0.1) is 5.82 Å². The van der Waals surface area contributed by atoms with Gasteiger partial charge in [-0.05, 0) is 43.4 Å². The molecule has 0 bridgehead atoms. The molecule has 0 heterocycles. The molecule has 0 atom stereocenters. The molecule has 104 valence electrons. The van der Waals surface area contributed by atoms with Gasteiger partial charge in [0.25, 0.3) is 0 Å². The molecular formula is C15H20FNO2. The first kappa shape index (κ1) is 14.0. The number of halogens is 1. The van der Waals surface area contributed by atoms with Crippen LogP contribution < -0.4 is 0 Å². The average molecular weight is 265 g/mol. The first-order chi connectivity index (χ1) is 9.20. The minimum atomic E-state index is -0.309. The fourth-order valence-corrected chi connectivity index (χ4v) is 2.37. The second-order valence-corrected chi connectivity index (χ2v) is 5.06. The Balaban J connectivity index is 1.98. The van der Waals surface area contributed by atoms with Crippen LogP contribution in [0.15, 0.2) is 24.3 Å². The largest absolute Gasteiger partial charge is 0.396 e. The maximum atomic E-state index is 13.1. The summed E-state index contributed by atoms with van der Waals surface area (Å²) in [4.78, 5) is 14.1. The molecule has 0 aromatic heterocycles. The number of carbonyl (C=O) groups excluding carboxylic acids is 1. The van der Waals surface area contributed by atoms with Crippen molar-refractivity contribution in [1.82, 2.24) is 4.90 Å². The lowest BCUT2D eigenvalue weighted by Gasteiger charge is -2.37. The van der Waals surface area contributed by atoms with Crippen molar-refractivity contribution < 1.29 is 14.3 Å². The minimum Gasteiger partial charge on any atom is -0.396 e. The van der Waals surface area contributed by atoms with Crippen molar-refractivity contribution in [2.45, 2.75) is 38.1 Å². The number of aliphatic hydroxyl groups excluding tert-OH is 1. The predicted molar refractivity (Wildman–Crippen MR) is 71.2 cm³/mol. The van der Waals surface area contributed by atoms with Crippen LogP contribution in [0.25, 0.3) is 0 Å². The second kappa shape index (κ2) is 6.66. The smallest absolute Gasteiger partial charge is 0.227 e. The van der Waals surface area contributed by atoms with Gasteiger partial charge in [0.05, 0.1) is 6.42 Å². The SMILES string of the molecule is O=C(Cc1cccc(F)c1)N(CCCO)C1CCC1. The molecule has 0 saturated heterocycles. The van der Waals surface area contributed by atoms with E-state index < -0.39 is 0 Å². The van der Waals surface area contributed by atoms with Gasteiger partial charge in [-0.15, -0.1) is 0 Å². The summed E-state index contributed by atoms with van der Waals surface area (Å²) >= 11 is 0. The topological polar surface area (TPSA) is 40.5 Å². The summed E-state index contributed by atoms with van der Waals surface area (Å²) in [5.41, 5.74) is 0.707. The highest BCUT2D eigenvalue weighted by atomic mass is 19.1. The van der Waals surface area contributed by atoms with Gasteiger partial charge in [-0.25, -0.2) is 4.39 Å². The Kier molecular flexibility index (Phi) is 4.91. The molecule has 1 amide bonds. The third-order valence-corrected chi connectivity index (χ3v) is 3.64. The van der Waals surface area contributed by atoms with Gasteiger partial charge in [0.2, 0.25) is 5.91 Å². The molecule has 1 N–H and O–H groups in total. The van der Waals surface area contributed by atoms with E-state index >= 15 is 0 Å². The van der Waals surface area contributed by atoms with E-state index in [2.05, 4.69) is 0 Å². The molecule has 4 heteroatoms. The second-order valence-electron chi connectivity index (χ2n) is 5.06. The number of aliphatic hydroxyl groups is 1. The summed E-state index contributed by atoms with van der Waals surface area (Å²) in [6.45, 7) is 0.686. The van der Waals surface area contributed by atoms with Crippen LogP contribution in [0.1, 0.15) is 31.2 Å². The van der Waals surface area contributed by atoms with Gasteiger partial charge < -0.3 is 10.0 Å². The van der Waals surface area contributed by atoms with E-state index in [4.69, 9.17) is 5.11 Å². The molecule has 19 heavy (non-hydrogen) atoms. The number of amides is 1. The van der Waals surface area contributed by atoms with E-state index in [1.165, 1.54) is 12.1 Å². The third-order valence-electron chi connectivity index (χ3n) is 3.64. The van der Waals surface area contributed by atoms with Gasteiger partial charge in [-0.2, -0.15) is 0 Å². The lowest BCUT2D eigenvalue weighted by molar-refractivity contribution is -0.134. The highest BCUT2D eigenvalue weighted by molar-refractivity contribution is 5.79. The average Bonchev–Trinajstić information content (AvgIpc) is 2.31. The van der Waals surface area contributed by atoms with Crippen LogP contribution in [0.4, 0.5) is 4.39 Å². The van der Waals surface area contributed by atoms with Crippen molar-refractivity contribution in [3.05, 3.63) is 35.6 Å². The van der Waals surface area contributed by atoms with Crippen molar-refractivity contribution >= 4 is 5.91 Å². The molecule has 1 fully saturated rings. The van der Waals surface area contributed by atoms with Gasteiger partial charge >= 0.3 is 0 Å². The van der Waals surface area contributed by atoms with Gasteiger partial charge in [0.15, 0.2) is 0 Å². The van der Waals surface area contributed by atoms with E-state index in [0.29, 0.717) is 24.6 Å². The zero-order chi connectivity index (χ0) is 13.7. The summed E-state index contributed by atoms with van der Waals surface area (Å²) in [6, 6.07) is 6.49. The number of benzene rings is 1. The van der Waals surface area contributed by atoms with E-state index in [1.807, 2.05) is 4.90 Å². The molecule has 3 nitrogen and oxygen atoms in total. The lowest BCUT2D eigenvalue weighted by atomic mass is 9.91. The van der Waals surface area contributed by atoms with E-state index in [1.54, 1.807) is 12.1 Å². The maximum Gasteiger partial charge on any atom is 0.227 e. The molecule has 1 saturated carbocycles. The predicted octanol–water partition coefficient (Wildman–Crippen LogP) is 2.13. The molecule has 0 radical (unpaired) electrons. The minimum absolute atomic E-state index is 0.0313. The van der Waals surface area contributed by atoms with Gasteiger partial charge in [-0.3, -0.25) is 4.79 Å². The summed E-state index contributed by atoms with van der Waals surface area (Å²) in [7, 11) is 0. The molecule has 1 aliphatic carbocycles. The number of hydrogen-bond donors (Lipinski definition) is 1. The van der Waals surface area contributed by atoms with Crippen LogP contribution in [-0.4, -0.2) is 35.1 Å². The third kappa shape index (κ3) is 3.77. The Morgan fingerprint density at radius 1 is 1.42 bits per heavy atom. The van der Waals surface area contributed by atoms with Crippen LogP contribution >= 0.6 is 0 Å². The molecule has 0 spiro atoms. The number of hydrogen-bond acceptors (Lipinski definition) is 2. The Bertz CT molecular complexity index is 432. The summed E-state index contributed by atoms with van der Waals surface area (Å²) < 4.78 is 13.1. The van der Waals surface area contributed by atoms with Crippen molar-refractivity contribution in [3.63, 3.8) is 0 Å². The van der Waals surface area contributed by atoms with Gasteiger partial charge in [0.1, 0.15) is 5.82 Å². The molecule has 0 unspecified atom stereocenters. The Morgan fingerprint density at radius 2 is 2.21 bits per heavy atom. The summed E-state index contributed by atoms with van der Waals surface area (Å²) in [6.07, 6.45) is 4.08. The Morgan fingerprint density at radius 3 is 2.79 bits per heavy atom. The molecule has 1 aromatic carbocycles. The van der Waals surface area contributed by atoms with E-state index in [-0.39, 0.29) is 24.8 Å². The molecule has 1 aliphatic rings. The lowest BCUT2D eigenvalue weighted by Crippen LogP contribution is -2.45. The number of nitrogens with zero attached hydrogens (tertiary/aromatic N) is 1. The van der Waals surface area contributed by atoms with E-state index in [0.717, 1.165) is 19.3 Å². The van der Waals surface area contributed by atoms with Crippen molar-refractivity contribution in [2.24, 2.45) is 0 Å². The van der Waals surface area contributed by atoms with Crippen LogP contribution in [0.3, 0.4) is 0 Å². The fourth-order valence-electron chi connectivity index (χ4n) is 2.37. The first-order valence-electron chi connectivity index (χ1n) is 6.85. The monoisotopic (exact) mass is 265 g/mol. The van der Waals surface area contributed by atoms with Crippen LogP contribution in [0.5, 0.6) is 0 Å². The maximum absolute atomic E-state index is 13.1. The van der Waals surface area contributed by atoms with E-state index in [9.17, 15) is 9.18 Å². The molecule has 1 aromatic rings. The molecule has 2 rings (SSSR count). The van der Waals surface area contributed by atoms with Crippen LogP contribution in [0.2, 0.25) is 0 Å². The summed E-state index contributed by atoms with van der Waals surface area (Å²) in [5, 5.41) is 8.91. The zero-order valence-electron chi connectivity index (χ0n) is 11.0. The zero-order valence-corrected chi connectivity index (χ0v) is 11.0. The Hall–Kier alpha value is -1.42. The van der Waals surface area contributed by atoms with Gasteiger partial charge in [-0.1, -0.05) is 12.1 Å². The quantitative estimate of drug-likeness (QED) is 0.856. The van der Waals surface area contributed by atoms with Crippen molar-refractivity contribution in [1.29, 1.82) is 0 Å². The normalized spacial score (nSPS) is 15.1. The molecule has 0 aliphatic heterocycles. The number of rotatable bonds is 6. The highest BCUT2D eigenvalue weighted by Gasteiger charge is 2.28.